The molecule has 1 saturated heterocycles. The minimum atomic E-state index is -3.43. The van der Waals surface area contributed by atoms with Gasteiger partial charge >= 0.3 is 0 Å². The fourth-order valence-electron chi connectivity index (χ4n) is 2.84. The van der Waals surface area contributed by atoms with Crippen LogP contribution in [0, 0.1) is 19.3 Å². The minimum absolute atomic E-state index is 0.0492. The summed E-state index contributed by atoms with van der Waals surface area (Å²) < 4.78 is 27.3. The molecule has 0 amide bonds. The van der Waals surface area contributed by atoms with Gasteiger partial charge in [-0.15, -0.1) is 0 Å². The van der Waals surface area contributed by atoms with Gasteiger partial charge in [-0.25, -0.2) is 8.42 Å². The van der Waals surface area contributed by atoms with Crippen LogP contribution in [0.25, 0.3) is 0 Å². The Morgan fingerprint density at radius 1 is 1.25 bits per heavy atom. The predicted octanol–water partition coefficient (Wildman–Crippen LogP) is 2.01. The van der Waals surface area contributed by atoms with E-state index >= 15 is 0 Å². The van der Waals surface area contributed by atoms with E-state index in [1.54, 1.807) is 16.4 Å². The zero-order chi connectivity index (χ0) is 15.1. The van der Waals surface area contributed by atoms with E-state index in [4.69, 9.17) is 5.84 Å². The average Bonchev–Trinajstić information content (AvgIpc) is 2.69. The van der Waals surface area contributed by atoms with E-state index in [1.165, 1.54) is 0 Å². The number of anilines is 1. The second-order valence-corrected chi connectivity index (χ2v) is 8.21. The maximum absolute atomic E-state index is 12.8. The number of hydrogen-bond donors (Lipinski definition) is 2. The molecule has 2 rings (SSSR count). The highest BCUT2D eigenvalue weighted by Gasteiger charge is 2.38. The van der Waals surface area contributed by atoms with Crippen LogP contribution in [0.5, 0.6) is 0 Å². The molecule has 1 aromatic carbocycles. The first kappa shape index (κ1) is 15.3. The molecule has 3 N–H and O–H groups in total. The molecule has 1 heterocycles. The molecular weight excluding hydrogens is 274 g/mol. The van der Waals surface area contributed by atoms with Gasteiger partial charge in [0.1, 0.15) is 0 Å². The molecule has 1 aromatic rings. The summed E-state index contributed by atoms with van der Waals surface area (Å²) in [5.41, 5.74) is 4.78. The Bertz CT molecular complexity index is 600. The molecule has 1 aliphatic heterocycles. The van der Waals surface area contributed by atoms with Crippen molar-refractivity contribution in [2.75, 3.05) is 18.5 Å². The maximum atomic E-state index is 12.8. The summed E-state index contributed by atoms with van der Waals surface area (Å²) in [7, 11) is -3.43. The van der Waals surface area contributed by atoms with Gasteiger partial charge in [-0.3, -0.25) is 5.84 Å². The molecule has 0 aliphatic carbocycles. The highest BCUT2D eigenvalue weighted by Crippen LogP contribution is 2.35. The second-order valence-electron chi connectivity index (χ2n) is 6.34. The number of rotatable bonds is 3. The molecule has 112 valence electrons. The van der Waals surface area contributed by atoms with Gasteiger partial charge in [0.15, 0.2) is 0 Å². The van der Waals surface area contributed by atoms with E-state index in [1.807, 2.05) is 13.8 Å². The fraction of sp³-hybridized carbons (Fsp3) is 0.571. The van der Waals surface area contributed by atoms with Gasteiger partial charge in [-0.2, -0.15) is 4.31 Å². The summed E-state index contributed by atoms with van der Waals surface area (Å²) in [6.07, 6.45) is 0.896. The van der Waals surface area contributed by atoms with Crippen LogP contribution in [0.3, 0.4) is 0 Å². The predicted molar refractivity (Wildman–Crippen MR) is 80.9 cm³/mol. The monoisotopic (exact) mass is 297 g/mol. The van der Waals surface area contributed by atoms with E-state index in [2.05, 4.69) is 19.3 Å². The third-order valence-electron chi connectivity index (χ3n) is 3.87. The van der Waals surface area contributed by atoms with E-state index in [-0.39, 0.29) is 5.41 Å². The molecule has 1 fully saturated rings. The van der Waals surface area contributed by atoms with Crippen molar-refractivity contribution in [3.8, 4) is 0 Å². The molecule has 0 aromatic heterocycles. The molecule has 0 unspecified atom stereocenters. The van der Waals surface area contributed by atoms with Crippen molar-refractivity contribution in [2.45, 2.75) is 39.0 Å². The van der Waals surface area contributed by atoms with Crippen LogP contribution in [0.2, 0.25) is 0 Å². The molecule has 5 nitrogen and oxygen atoms in total. The van der Waals surface area contributed by atoms with Gasteiger partial charge in [-0.1, -0.05) is 13.8 Å². The lowest BCUT2D eigenvalue weighted by Crippen LogP contribution is -2.31. The number of nitrogen functional groups attached to an aromatic ring is 1. The largest absolute Gasteiger partial charge is 0.324 e. The van der Waals surface area contributed by atoms with Gasteiger partial charge in [0.2, 0.25) is 10.0 Å². The van der Waals surface area contributed by atoms with Gasteiger partial charge < -0.3 is 5.43 Å². The highest BCUT2D eigenvalue weighted by atomic mass is 32.2. The topological polar surface area (TPSA) is 75.4 Å². The van der Waals surface area contributed by atoms with Crippen LogP contribution < -0.4 is 11.3 Å². The number of hydrazine groups is 1. The van der Waals surface area contributed by atoms with E-state index in [0.29, 0.717) is 18.0 Å². The van der Waals surface area contributed by atoms with E-state index < -0.39 is 10.0 Å². The summed E-state index contributed by atoms with van der Waals surface area (Å²) in [5.74, 6) is 5.39. The van der Waals surface area contributed by atoms with E-state index in [0.717, 1.165) is 23.2 Å². The third kappa shape index (κ3) is 2.68. The number of nitrogens with one attached hydrogen (secondary N) is 1. The van der Waals surface area contributed by atoms with Crippen LogP contribution in [-0.2, 0) is 10.0 Å². The molecular formula is C14H23N3O2S. The number of nitrogens with zero attached hydrogens (tertiary/aromatic N) is 1. The lowest BCUT2D eigenvalue weighted by Gasteiger charge is -2.22. The Morgan fingerprint density at radius 3 is 2.20 bits per heavy atom. The fourth-order valence-corrected chi connectivity index (χ4v) is 4.88. The quantitative estimate of drug-likeness (QED) is 0.661. The van der Waals surface area contributed by atoms with Gasteiger partial charge in [0.25, 0.3) is 0 Å². The zero-order valence-corrected chi connectivity index (χ0v) is 13.3. The van der Waals surface area contributed by atoms with Crippen molar-refractivity contribution in [1.29, 1.82) is 0 Å². The van der Waals surface area contributed by atoms with Crippen LogP contribution in [0.15, 0.2) is 17.0 Å². The Labute approximate surface area is 121 Å². The van der Waals surface area contributed by atoms with Crippen molar-refractivity contribution < 1.29 is 8.42 Å². The van der Waals surface area contributed by atoms with Crippen LogP contribution >= 0.6 is 0 Å². The molecule has 0 saturated carbocycles. The summed E-state index contributed by atoms with van der Waals surface area (Å²) >= 11 is 0. The smallest absolute Gasteiger partial charge is 0.243 e. The Balaban J connectivity index is 2.46. The number of hydrogen-bond acceptors (Lipinski definition) is 4. The minimum Gasteiger partial charge on any atom is -0.324 e. The average molecular weight is 297 g/mol. The Kier molecular flexibility index (Phi) is 3.83. The molecule has 6 heteroatoms. The molecule has 0 atom stereocenters. The lowest BCUT2D eigenvalue weighted by atomic mass is 9.93. The molecule has 0 radical (unpaired) electrons. The van der Waals surface area contributed by atoms with Gasteiger partial charge in [-0.05, 0) is 48.9 Å². The second kappa shape index (κ2) is 5.02. The SMILES string of the molecule is Cc1cc(NN)cc(C)c1S(=O)(=O)N1CCC(C)(C)C1. The third-order valence-corrected chi connectivity index (χ3v) is 6.02. The van der Waals surface area contributed by atoms with E-state index in [9.17, 15) is 8.42 Å². The number of benzene rings is 1. The molecule has 20 heavy (non-hydrogen) atoms. The van der Waals surface area contributed by atoms with Crippen molar-refractivity contribution in [3.05, 3.63) is 23.3 Å². The van der Waals surface area contributed by atoms with Crippen molar-refractivity contribution in [3.63, 3.8) is 0 Å². The first-order valence-electron chi connectivity index (χ1n) is 6.75. The number of nitrogens with two attached hydrogens (primary N) is 1. The number of sulfonamides is 1. The van der Waals surface area contributed by atoms with Crippen molar-refractivity contribution >= 4 is 15.7 Å². The number of aryl methyl sites for hydroxylation is 2. The first-order valence-corrected chi connectivity index (χ1v) is 8.19. The molecule has 0 bridgehead atoms. The van der Waals surface area contributed by atoms with Crippen molar-refractivity contribution in [2.24, 2.45) is 11.3 Å². The molecule has 1 aliphatic rings. The van der Waals surface area contributed by atoms with Crippen LogP contribution in [-0.4, -0.2) is 25.8 Å². The Morgan fingerprint density at radius 2 is 1.80 bits per heavy atom. The lowest BCUT2D eigenvalue weighted by molar-refractivity contribution is 0.375. The Hall–Kier alpha value is -1.11. The van der Waals surface area contributed by atoms with Crippen LogP contribution in [0.1, 0.15) is 31.4 Å². The summed E-state index contributed by atoms with van der Waals surface area (Å²) in [5, 5.41) is 0. The zero-order valence-electron chi connectivity index (χ0n) is 12.5. The summed E-state index contributed by atoms with van der Waals surface area (Å²) in [6.45, 7) is 8.98. The van der Waals surface area contributed by atoms with Crippen LogP contribution in [0.4, 0.5) is 5.69 Å². The van der Waals surface area contributed by atoms with Crippen molar-refractivity contribution in [1.82, 2.24) is 4.31 Å². The maximum Gasteiger partial charge on any atom is 0.243 e. The molecule has 0 spiro atoms. The first-order chi connectivity index (χ1) is 9.17. The standard InChI is InChI=1S/C14H23N3O2S/c1-10-7-12(16-15)8-11(2)13(10)20(18,19)17-6-5-14(3,4)9-17/h7-8,16H,5-6,9,15H2,1-4H3. The van der Waals surface area contributed by atoms with Gasteiger partial charge in [0, 0.05) is 18.8 Å². The summed E-state index contributed by atoms with van der Waals surface area (Å²) in [4.78, 5) is 0.411. The summed E-state index contributed by atoms with van der Waals surface area (Å²) in [6, 6.07) is 3.53. The normalized spacial score (nSPS) is 19.2. The van der Waals surface area contributed by atoms with Gasteiger partial charge in [0.05, 0.1) is 4.90 Å². The highest BCUT2D eigenvalue weighted by molar-refractivity contribution is 7.89.